The second kappa shape index (κ2) is 6.57. The monoisotopic (exact) mass is 262 g/mol. The molecule has 0 aromatic heterocycles. The molecule has 1 saturated carbocycles. The topological polar surface area (TPSA) is 75.3 Å². The predicted molar refractivity (Wildman–Crippen MR) is 74.9 cm³/mol. The SMILES string of the molecule is NCC1CCCCC1CNC(=O)c1ccc(O)cc1. The van der Waals surface area contributed by atoms with Crippen molar-refractivity contribution in [1.29, 1.82) is 0 Å². The second-order valence-corrected chi connectivity index (χ2v) is 5.30. The van der Waals surface area contributed by atoms with Gasteiger partial charge in [-0.2, -0.15) is 0 Å². The Balaban J connectivity index is 1.87. The maximum Gasteiger partial charge on any atom is 0.251 e. The summed E-state index contributed by atoms with van der Waals surface area (Å²) in [5.74, 6) is 1.13. The second-order valence-electron chi connectivity index (χ2n) is 5.30. The maximum absolute atomic E-state index is 12.0. The number of carbonyl (C=O) groups excluding carboxylic acids is 1. The first-order valence-corrected chi connectivity index (χ1v) is 6.98. The van der Waals surface area contributed by atoms with Crippen LogP contribution in [0.25, 0.3) is 0 Å². The van der Waals surface area contributed by atoms with E-state index in [1.165, 1.54) is 31.4 Å². The van der Waals surface area contributed by atoms with Gasteiger partial charge in [-0.3, -0.25) is 4.79 Å². The van der Waals surface area contributed by atoms with Crippen molar-refractivity contribution in [3.63, 3.8) is 0 Å². The van der Waals surface area contributed by atoms with E-state index in [9.17, 15) is 9.90 Å². The highest BCUT2D eigenvalue weighted by Gasteiger charge is 2.24. The van der Waals surface area contributed by atoms with E-state index < -0.39 is 0 Å². The zero-order chi connectivity index (χ0) is 13.7. The lowest BCUT2D eigenvalue weighted by molar-refractivity contribution is 0.0935. The third-order valence-corrected chi connectivity index (χ3v) is 4.02. The van der Waals surface area contributed by atoms with Gasteiger partial charge in [-0.05, 0) is 55.5 Å². The zero-order valence-electron chi connectivity index (χ0n) is 11.1. The van der Waals surface area contributed by atoms with E-state index in [1.54, 1.807) is 12.1 Å². The van der Waals surface area contributed by atoms with Crippen LogP contribution in [-0.2, 0) is 0 Å². The highest BCUT2D eigenvalue weighted by Crippen LogP contribution is 2.28. The van der Waals surface area contributed by atoms with Crippen molar-refractivity contribution in [2.24, 2.45) is 17.6 Å². The quantitative estimate of drug-likeness (QED) is 0.775. The average Bonchev–Trinajstić information content (AvgIpc) is 2.45. The van der Waals surface area contributed by atoms with Crippen molar-refractivity contribution in [2.45, 2.75) is 25.7 Å². The van der Waals surface area contributed by atoms with Gasteiger partial charge >= 0.3 is 0 Å². The fourth-order valence-corrected chi connectivity index (χ4v) is 2.80. The first kappa shape index (κ1) is 13.9. The van der Waals surface area contributed by atoms with Gasteiger partial charge in [-0.25, -0.2) is 0 Å². The van der Waals surface area contributed by atoms with E-state index in [0.717, 1.165) is 6.42 Å². The molecule has 1 aliphatic carbocycles. The van der Waals surface area contributed by atoms with Gasteiger partial charge in [-0.1, -0.05) is 12.8 Å². The fraction of sp³-hybridized carbons (Fsp3) is 0.533. The van der Waals surface area contributed by atoms with Crippen LogP contribution in [0.4, 0.5) is 0 Å². The minimum absolute atomic E-state index is 0.0821. The average molecular weight is 262 g/mol. The maximum atomic E-state index is 12.0. The molecule has 0 bridgehead atoms. The fourth-order valence-electron chi connectivity index (χ4n) is 2.80. The number of rotatable bonds is 4. The number of nitrogens with one attached hydrogen (secondary N) is 1. The van der Waals surface area contributed by atoms with Crippen LogP contribution < -0.4 is 11.1 Å². The van der Waals surface area contributed by atoms with Crippen molar-refractivity contribution in [1.82, 2.24) is 5.32 Å². The van der Waals surface area contributed by atoms with Gasteiger partial charge in [0, 0.05) is 12.1 Å². The molecule has 1 amide bonds. The normalized spacial score (nSPS) is 23.0. The zero-order valence-corrected chi connectivity index (χ0v) is 11.1. The van der Waals surface area contributed by atoms with E-state index >= 15 is 0 Å². The number of nitrogens with two attached hydrogens (primary N) is 1. The molecule has 104 valence electrons. The molecular weight excluding hydrogens is 240 g/mol. The summed E-state index contributed by atoms with van der Waals surface area (Å²) in [6.07, 6.45) is 4.81. The summed E-state index contributed by atoms with van der Waals surface area (Å²) < 4.78 is 0. The number of carbonyl (C=O) groups is 1. The number of hydrogen-bond donors (Lipinski definition) is 3. The number of aromatic hydroxyl groups is 1. The van der Waals surface area contributed by atoms with Crippen molar-refractivity contribution in [3.05, 3.63) is 29.8 Å². The van der Waals surface area contributed by atoms with E-state index in [-0.39, 0.29) is 11.7 Å². The molecule has 4 N–H and O–H groups in total. The summed E-state index contributed by atoms with van der Waals surface area (Å²) in [5, 5.41) is 12.2. The molecule has 4 nitrogen and oxygen atoms in total. The molecule has 4 heteroatoms. The molecule has 0 saturated heterocycles. The van der Waals surface area contributed by atoms with Gasteiger partial charge in [-0.15, -0.1) is 0 Å². The number of benzene rings is 1. The van der Waals surface area contributed by atoms with Crippen LogP contribution in [-0.4, -0.2) is 24.1 Å². The van der Waals surface area contributed by atoms with Gasteiger partial charge in [0.15, 0.2) is 0 Å². The smallest absolute Gasteiger partial charge is 0.251 e. The molecule has 0 aliphatic heterocycles. The minimum Gasteiger partial charge on any atom is -0.508 e. The van der Waals surface area contributed by atoms with Gasteiger partial charge in [0.05, 0.1) is 0 Å². The molecule has 1 aliphatic rings. The molecule has 0 heterocycles. The molecule has 19 heavy (non-hydrogen) atoms. The third kappa shape index (κ3) is 3.70. The molecule has 1 aromatic carbocycles. The Kier molecular flexibility index (Phi) is 4.80. The summed E-state index contributed by atoms with van der Waals surface area (Å²) in [5.41, 5.74) is 6.37. The van der Waals surface area contributed by atoms with Crippen molar-refractivity contribution >= 4 is 5.91 Å². The van der Waals surface area contributed by atoms with Crippen molar-refractivity contribution < 1.29 is 9.90 Å². The van der Waals surface area contributed by atoms with Crippen LogP contribution in [0.5, 0.6) is 5.75 Å². The van der Waals surface area contributed by atoms with Gasteiger partial charge in [0.25, 0.3) is 5.91 Å². The molecule has 0 radical (unpaired) electrons. The molecular formula is C15H22N2O2. The Hall–Kier alpha value is -1.55. The molecule has 1 aromatic rings. The largest absolute Gasteiger partial charge is 0.508 e. The number of hydrogen-bond acceptors (Lipinski definition) is 3. The highest BCUT2D eigenvalue weighted by molar-refractivity contribution is 5.94. The van der Waals surface area contributed by atoms with E-state index in [2.05, 4.69) is 5.32 Å². The standard InChI is InChI=1S/C15H22N2O2/c16-9-12-3-1-2-4-13(12)10-17-15(19)11-5-7-14(18)8-6-11/h5-8,12-13,18H,1-4,9-10,16H2,(H,17,19). The number of phenolic OH excluding ortho intramolecular Hbond substituents is 1. The Morgan fingerprint density at radius 1 is 1.21 bits per heavy atom. The summed E-state index contributed by atoms with van der Waals surface area (Å²) in [7, 11) is 0. The number of phenols is 1. The predicted octanol–water partition coefficient (Wildman–Crippen LogP) is 1.89. The van der Waals surface area contributed by atoms with Gasteiger partial charge < -0.3 is 16.2 Å². The molecule has 2 rings (SSSR count). The van der Waals surface area contributed by atoms with Crippen LogP contribution in [0.3, 0.4) is 0 Å². The van der Waals surface area contributed by atoms with Gasteiger partial charge in [0.1, 0.15) is 5.75 Å². The highest BCUT2D eigenvalue weighted by atomic mass is 16.3. The van der Waals surface area contributed by atoms with Gasteiger partial charge in [0.2, 0.25) is 0 Å². The van der Waals surface area contributed by atoms with Crippen LogP contribution in [0, 0.1) is 11.8 Å². The Bertz CT molecular complexity index is 417. The van der Waals surface area contributed by atoms with Crippen LogP contribution in [0.1, 0.15) is 36.0 Å². The molecule has 1 fully saturated rings. The van der Waals surface area contributed by atoms with Crippen LogP contribution >= 0.6 is 0 Å². The summed E-state index contributed by atoms with van der Waals surface area (Å²) in [6.45, 7) is 1.40. The Labute approximate surface area is 114 Å². The first-order chi connectivity index (χ1) is 9.20. The van der Waals surface area contributed by atoms with Crippen LogP contribution in [0.2, 0.25) is 0 Å². The van der Waals surface area contributed by atoms with E-state index in [1.807, 2.05) is 0 Å². The van der Waals surface area contributed by atoms with Crippen molar-refractivity contribution in [3.8, 4) is 5.75 Å². The Morgan fingerprint density at radius 2 is 1.84 bits per heavy atom. The van der Waals surface area contributed by atoms with Crippen molar-refractivity contribution in [2.75, 3.05) is 13.1 Å². The lowest BCUT2D eigenvalue weighted by Crippen LogP contribution is -2.36. The molecule has 0 spiro atoms. The molecule has 2 unspecified atom stereocenters. The molecule has 2 atom stereocenters. The van der Waals surface area contributed by atoms with E-state index in [4.69, 9.17) is 5.73 Å². The lowest BCUT2D eigenvalue weighted by atomic mass is 9.79. The van der Waals surface area contributed by atoms with Crippen LogP contribution in [0.15, 0.2) is 24.3 Å². The third-order valence-electron chi connectivity index (χ3n) is 4.02. The number of amides is 1. The minimum atomic E-state index is -0.0821. The van der Waals surface area contributed by atoms with E-state index in [0.29, 0.717) is 30.5 Å². The Morgan fingerprint density at radius 3 is 2.47 bits per heavy atom. The lowest BCUT2D eigenvalue weighted by Gasteiger charge is -2.30. The summed E-state index contributed by atoms with van der Waals surface area (Å²) in [4.78, 5) is 12.0. The summed E-state index contributed by atoms with van der Waals surface area (Å²) >= 11 is 0. The summed E-state index contributed by atoms with van der Waals surface area (Å²) in [6, 6.07) is 6.31. The first-order valence-electron chi connectivity index (χ1n) is 6.98.